The van der Waals surface area contributed by atoms with Crippen LogP contribution < -0.4 is 4.74 Å². The van der Waals surface area contributed by atoms with Gasteiger partial charge in [0.1, 0.15) is 5.75 Å². The third kappa shape index (κ3) is 3.52. The molecule has 4 atom stereocenters. The maximum atomic E-state index is 12.8. The first-order chi connectivity index (χ1) is 12.1. The second kappa shape index (κ2) is 7.74. The molecule has 2 aromatic carbocycles. The zero-order chi connectivity index (χ0) is 18.0. The van der Waals surface area contributed by atoms with E-state index in [0.29, 0.717) is 11.8 Å². The molecule has 0 saturated carbocycles. The van der Waals surface area contributed by atoms with Gasteiger partial charge in [-0.05, 0) is 41.4 Å². The lowest BCUT2D eigenvalue weighted by Gasteiger charge is -2.30. The molecule has 0 amide bonds. The molecule has 2 nitrogen and oxygen atoms in total. The van der Waals surface area contributed by atoms with Crippen LogP contribution in [0.3, 0.4) is 0 Å². The molecule has 0 N–H and O–H groups in total. The third-order valence-corrected chi connectivity index (χ3v) is 6.86. The average Bonchev–Trinajstić information content (AvgIpc) is 2.66. The molecule has 25 heavy (non-hydrogen) atoms. The highest BCUT2D eigenvalue weighted by Crippen LogP contribution is 2.45. The average molecular weight is 357 g/mol. The van der Waals surface area contributed by atoms with Crippen molar-refractivity contribution in [3.05, 3.63) is 64.7 Å². The van der Waals surface area contributed by atoms with Crippen molar-refractivity contribution in [3.8, 4) is 5.75 Å². The van der Waals surface area contributed by atoms with Gasteiger partial charge in [0.25, 0.3) is 0 Å². The Balaban J connectivity index is 2.21. The summed E-state index contributed by atoms with van der Waals surface area (Å²) in [4.78, 5) is 0. The highest BCUT2D eigenvalue weighted by Gasteiger charge is 2.32. The maximum absolute atomic E-state index is 12.8. The Labute approximate surface area is 154 Å². The van der Waals surface area contributed by atoms with Crippen LogP contribution in [0.4, 0.5) is 0 Å². The molecule has 0 aromatic heterocycles. The van der Waals surface area contributed by atoms with Crippen molar-refractivity contribution in [2.24, 2.45) is 0 Å². The van der Waals surface area contributed by atoms with Crippen LogP contribution in [-0.2, 0) is 10.8 Å². The minimum atomic E-state index is -1.06. The molecule has 134 valence electrons. The van der Waals surface area contributed by atoms with Gasteiger partial charge in [-0.25, -0.2) is 0 Å². The monoisotopic (exact) mass is 356 g/mol. The summed E-state index contributed by atoms with van der Waals surface area (Å²) in [5.41, 5.74) is 4.82. The maximum Gasteiger partial charge on any atom is 0.164 e. The summed E-state index contributed by atoms with van der Waals surface area (Å²) < 4.78 is 18.9. The van der Waals surface area contributed by atoms with Gasteiger partial charge in [-0.3, -0.25) is 4.21 Å². The number of benzene rings is 2. The van der Waals surface area contributed by atoms with Gasteiger partial charge in [-0.15, -0.1) is 0 Å². The number of rotatable bonds is 5. The second-order valence-electron chi connectivity index (χ2n) is 7.08. The van der Waals surface area contributed by atoms with Crippen LogP contribution in [0.15, 0.2) is 42.5 Å². The van der Waals surface area contributed by atoms with E-state index >= 15 is 0 Å². The smallest absolute Gasteiger partial charge is 0.164 e. The topological polar surface area (TPSA) is 26.3 Å². The first kappa shape index (κ1) is 18.2. The van der Waals surface area contributed by atoms with Crippen LogP contribution in [0, 0.1) is 0 Å². The summed E-state index contributed by atoms with van der Waals surface area (Å²) >= 11 is 0. The first-order valence-corrected chi connectivity index (χ1v) is 10.7. The highest BCUT2D eigenvalue weighted by molar-refractivity contribution is 7.85. The van der Waals surface area contributed by atoms with E-state index in [4.69, 9.17) is 4.74 Å². The fourth-order valence-corrected chi connectivity index (χ4v) is 4.74. The SMILES string of the molecule is CCC(C)c1cc(C(C)CC)c2c(c1)C(c1ccccc1)S(=O)CO2. The number of fused-ring (bicyclic) bond motifs is 1. The Morgan fingerprint density at radius 2 is 1.76 bits per heavy atom. The van der Waals surface area contributed by atoms with Gasteiger partial charge in [0.05, 0.1) is 16.0 Å². The molecule has 0 aliphatic carbocycles. The van der Waals surface area contributed by atoms with Crippen molar-refractivity contribution in [1.29, 1.82) is 0 Å². The standard InChI is InChI=1S/C22H28O2S/c1-5-15(3)18-12-19(16(4)6-2)21-20(13-18)22(25(23)14-24-21)17-10-8-7-9-11-17/h7-13,15-16,22H,5-6,14H2,1-4H3. The predicted molar refractivity (Wildman–Crippen MR) is 106 cm³/mol. The predicted octanol–water partition coefficient (Wildman–Crippen LogP) is 5.90. The molecule has 3 rings (SSSR count). The lowest BCUT2D eigenvalue weighted by Crippen LogP contribution is -2.23. The van der Waals surface area contributed by atoms with Crippen molar-refractivity contribution in [2.75, 3.05) is 5.94 Å². The Hall–Kier alpha value is -1.61. The zero-order valence-electron chi connectivity index (χ0n) is 15.6. The van der Waals surface area contributed by atoms with E-state index in [0.717, 1.165) is 29.7 Å². The van der Waals surface area contributed by atoms with Crippen LogP contribution in [-0.4, -0.2) is 10.1 Å². The molecule has 0 saturated heterocycles. The van der Waals surface area contributed by atoms with Crippen LogP contribution in [0.1, 0.15) is 79.9 Å². The quantitative estimate of drug-likeness (QED) is 0.666. The number of hydrogen-bond acceptors (Lipinski definition) is 2. The van der Waals surface area contributed by atoms with Crippen molar-refractivity contribution in [1.82, 2.24) is 0 Å². The highest BCUT2D eigenvalue weighted by atomic mass is 32.2. The zero-order valence-corrected chi connectivity index (χ0v) is 16.4. The Morgan fingerprint density at radius 1 is 1.08 bits per heavy atom. The fourth-order valence-electron chi connectivity index (χ4n) is 3.45. The summed E-state index contributed by atoms with van der Waals surface area (Å²) in [7, 11) is -1.06. The number of ether oxygens (including phenoxy) is 1. The molecule has 1 heterocycles. The van der Waals surface area contributed by atoms with Gasteiger partial charge in [0.2, 0.25) is 0 Å². The summed E-state index contributed by atoms with van der Waals surface area (Å²) in [5.74, 6) is 2.16. The van der Waals surface area contributed by atoms with E-state index in [1.807, 2.05) is 18.2 Å². The molecule has 0 bridgehead atoms. The molecule has 1 aliphatic heterocycles. The Morgan fingerprint density at radius 3 is 2.40 bits per heavy atom. The summed E-state index contributed by atoms with van der Waals surface area (Å²) in [5, 5.41) is -0.100. The van der Waals surface area contributed by atoms with Crippen molar-refractivity contribution < 1.29 is 8.95 Å². The molecule has 4 unspecified atom stereocenters. The first-order valence-electron chi connectivity index (χ1n) is 9.29. The lowest BCUT2D eigenvalue weighted by atomic mass is 9.87. The van der Waals surface area contributed by atoms with E-state index in [9.17, 15) is 4.21 Å². The van der Waals surface area contributed by atoms with Gasteiger partial charge in [-0.1, -0.05) is 70.2 Å². The van der Waals surface area contributed by atoms with E-state index < -0.39 is 10.8 Å². The third-order valence-electron chi connectivity index (χ3n) is 5.46. The van der Waals surface area contributed by atoms with E-state index in [-0.39, 0.29) is 11.2 Å². The van der Waals surface area contributed by atoms with E-state index in [2.05, 4.69) is 52.0 Å². The molecule has 2 aromatic rings. The Bertz CT molecular complexity index is 754. The van der Waals surface area contributed by atoms with Crippen LogP contribution >= 0.6 is 0 Å². The summed E-state index contributed by atoms with van der Waals surface area (Å²) in [6.45, 7) is 8.95. The molecule has 0 spiro atoms. The fraction of sp³-hybridized carbons (Fsp3) is 0.455. The van der Waals surface area contributed by atoms with Crippen molar-refractivity contribution in [2.45, 2.75) is 57.6 Å². The normalized spacial score (nSPS) is 21.9. The minimum Gasteiger partial charge on any atom is -0.480 e. The summed E-state index contributed by atoms with van der Waals surface area (Å²) in [6, 6.07) is 14.8. The number of hydrogen-bond donors (Lipinski definition) is 0. The van der Waals surface area contributed by atoms with Gasteiger partial charge in [-0.2, -0.15) is 0 Å². The van der Waals surface area contributed by atoms with Gasteiger partial charge in [0, 0.05) is 5.56 Å². The molecule has 3 heteroatoms. The minimum absolute atomic E-state index is 0.100. The van der Waals surface area contributed by atoms with Gasteiger partial charge < -0.3 is 4.74 Å². The van der Waals surface area contributed by atoms with Crippen molar-refractivity contribution in [3.63, 3.8) is 0 Å². The van der Waals surface area contributed by atoms with Gasteiger partial charge in [0.15, 0.2) is 5.94 Å². The molecule has 0 fully saturated rings. The lowest BCUT2D eigenvalue weighted by molar-refractivity contribution is 0.365. The molecule has 0 radical (unpaired) electrons. The second-order valence-corrected chi connectivity index (χ2v) is 8.55. The molecule has 1 aliphatic rings. The van der Waals surface area contributed by atoms with E-state index in [1.165, 1.54) is 11.1 Å². The van der Waals surface area contributed by atoms with Crippen molar-refractivity contribution >= 4 is 10.8 Å². The van der Waals surface area contributed by atoms with Crippen LogP contribution in [0.2, 0.25) is 0 Å². The largest absolute Gasteiger partial charge is 0.480 e. The molecular weight excluding hydrogens is 328 g/mol. The summed E-state index contributed by atoms with van der Waals surface area (Å²) in [6.07, 6.45) is 2.16. The van der Waals surface area contributed by atoms with E-state index in [1.54, 1.807) is 0 Å². The van der Waals surface area contributed by atoms with Gasteiger partial charge >= 0.3 is 0 Å². The Kier molecular flexibility index (Phi) is 5.63. The van der Waals surface area contributed by atoms with Crippen LogP contribution in [0.5, 0.6) is 5.75 Å². The molecular formula is C22H28O2S. The van der Waals surface area contributed by atoms with Crippen LogP contribution in [0.25, 0.3) is 0 Å².